The van der Waals surface area contributed by atoms with Crippen LogP contribution in [0.3, 0.4) is 0 Å². The molecule has 3 rings (SSSR count). The first-order valence-electron chi connectivity index (χ1n) is 10.6. The molecule has 1 amide bonds. The SMILES string of the molecule is COCCNc1ccc(C(=O)NCC(c2cccs2)N2CCC(C)CC2)cc1[N+](=O)[O-]. The number of carbonyl (C=O) groups is 1. The normalized spacial score (nSPS) is 16.1. The average molecular weight is 447 g/mol. The molecule has 0 spiro atoms. The Kier molecular flexibility index (Phi) is 8.39. The summed E-state index contributed by atoms with van der Waals surface area (Å²) < 4.78 is 4.97. The number of anilines is 1. The zero-order valence-corrected chi connectivity index (χ0v) is 18.8. The van der Waals surface area contributed by atoms with Crippen LogP contribution in [0.5, 0.6) is 0 Å². The van der Waals surface area contributed by atoms with Gasteiger partial charge in [0.2, 0.25) is 0 Å². The Morgan fingerprint density at radius 2 is 2.13 bits per heavy atom. The highest BCUT2D eigenvalue weighted by Gasteiger charge is 2.26. The summed E-state index contributed by atoms with van der Waals surface area (Å²) in [6, 6.07) is 8.76. The number of piperidine rings is 1. The molecule has 0 aliphatic carbocycles. The molecule has 1 saturated heterocycles. The van der Waals surface area contributed by atoms with Gasteiger partial charge in [0.1, 0.15) is 5.69 Å². The summed E-state index contributed by atoms with van der Waals surface area (Å²) in [7, 11) is 1.57. The van der Waals surface area contributed by atoms with Crippen LogP contribution in [0.1, 0.15) is 41.0 Å². The minimum atomic E-state index is -0.477. The van der Waals surface area contributed by atoms with Gasteiger partial charge in [0, 0.05) is 36.7 Å². The average Bonchev–Trinajstić information content (AvgIpc) is 3.29. The van der Waals surface area contributed by atoms with Gasteiger partial charge in [-0.15, -0.1) is 11.3 Å². The summed E-state index contributed by atoms with van der Waals surface area (Å²) in [6.07, 6.45) is 2.30. The second-order valence-electron chi connectivity index (χ2n) is 7.87. The van der Waals surface area contributed by atoms with Gasteiger partial charge in [0.15, 0.2) is 0 Å². The number of nitro benzene ring substituents is 1. The molecule has 2 N–H and O–H groups in total. The van der Waals surface area contributed by atoms with Crippen LogP contribution in [0.4, 0.5) is 11.4 Å². The van der Waals surface area contributed by atoms with Crippen LogP contribution in [-0.4, -0.2) is 55.6 Å². The number of methoxy groups -OCH3 is 1. The van der Waals surface area contributed by atoms with Crippen LogP contribution in [0.2, 0.25) is 0 Å². The lowest BCUT2D eigenvalue weighted by molar-refractivity contribution is -0.384. The third-order valence-corrected chi connectivity index (χ3v) is 6.64. The lowest BCUT2D eigenvalue weighted by atomic mass is 9.97. The summed E-state index contributed by atoms with van der Waals surface area (Å²) in [6.45, 7) is 5.63. The second-order valence-corrected chi connectivity index (χ2v) is 8.85. The standard InChI is InChI=1S/C22H30N4O4S/c1-16-7-10-25(11-8-16)20(21-4-3-13-31-21)15-24-22(27)17-5-6-18(23-9-12-30-2)19(14-17)26(28)29/h3-6,13-14,16,20,23H,7-12,15H2,1-2H3,(H,24,27). The van der Waals surface area contributed by atoms with Crippen molar-refractivity contribution < 1.29 is 14.5 Å². The monoisotopic (exact) mass is 446 g/mol. The van der Waals surface area contributed by atoms with Gasteiger partial charge in [0.05, 0.1) is 17.6 Å². The van der Waals surface area contributed by atoms with Crippen LogP contribution in [0.25, 0.3) is 0 Å². The van der Waals surface area contributed by atoms with Crippen LogP contribution in [0, 0.1) is 16.0 Å². The summed E-state index contributed by atoms with van der Waals surface area (Å²) in [5.41, 5.74) is 0.530. The molecule has 1 aliphatic rings. The van der Waals surface area contributed by atoms with Crippen molar-refractivity contribution in [2.75, 3.05) is 45.2 Å². The number of nitrogens with one attached hydrogen (secondary N) is 2. The van der Waals surface area contributed by atoms with E-state index in [0.29, 0.717) is 25.4 Å². The maximum atomic E-state index is 12.8. The van der Waals surface area contributed by atoms with E-state index in [9.17, 15) is 14.9 Å². The molecule has 2 heterocycles. The fourth-order valence-corrected chi connectivity index (χ4v) is 4.64. The van der Waals surface area contributed by atoms with E-state index in [-0.39, 0.29) is 23.2 Å². The largest absolute Gasteiger partial charge is 0.383 e. The van der Waals surface area contributed by atoms with Crippen molar-refractivity contribution in [3.05, 3.63) is 56.3 Å². The van der Waals surface area contributed by atoms with Gasteiger partial charge >= 0.3 is 0 Å². The highest BCUT2D eigenvalue weighted by molar-refractivity contribution is 7.10. The molecular weight excluding hydrogens is 416 g/mol. The molecular formula is C22H30N4O4S. The number of likely N-dealkylation sites (tertiary alicyclic amines) is 1. The zero-order chi connectivity index (χ0) is 22.2. The van der Waals surface area contributed by atoms with E-state index in [2.05, 4.69) is 33.9 Å². The van der Waals surface area contributed by atoms with Gasteiger partial charge in [-0.3, -0.25) is 19.8 Å². The van der Waals surface area contributed by atoms with Gasteiger partial charge in [0.25, 0.3) is 11.6 Å². The van der Waals surface area contributed by atoms with Gasteiger partial charge in [-0.05, 0) is 55.4 Å². The van der Waals surface area contributed by atoms with E-state index >= 15 is 0 Å². The first-order valence-corrected chi connectivity index (χ1v) is 11.4. The predicted octanol–water partition coefficient (Wildman–Crippen LogP) is 3.92. The van der Waals surface area contributed by atoms with Crippen molar-refractivity contribution in [2.24, 2.45) is 5.92 Å². The fraction of sp³-hybridized carbons (Fsp3) is 0.500. The first-order chi connectivity index (χ1) is 15.0. The Bertz CT molecular complexity index is 866. The highest BCUT2D eigenvalue weighted by atomic mass is 32.1. The first kappa shape index (κ1) is 23.2. The minimum Gasteiger partial charge on any atom is -0.383 e. The van der Waals surface area contributed by atoms with Gasteiger partial charge in [-0.25, -0.2) is 0 Å². The van der Waals surface area contributed by atoms with E-state index in [1.807, 2.05) is 6.07 Å². The van der Waals surface area contributed by atoms with Crippen molar-refractivity contribution >= 4 is 28.6 Å². The summed E-state index contributed by atoms with van der Waals surface area (Å²) >= 11 is 1.69. The van der Waals surface area contributed by atoms with Gasteiger partial charge < -0.3 is 15.4 Å². The van der Waals surface area contributed by atoms with Gasteiger partial charge in [-0.1, -0.05) is 13.0 Å². The minimum absolute atomic E-state index is 0.112. The summed E-state index contributed by atoms with van der Waals surface area (Å²) in [5.74, 6) is 0.421. The highest BCUT2D eigenvalue weighted by Crippen LogP contribution is 2.29. The number of hydrogen-bond donors (Lipinski definition) is 2. The molecule has 1 aromatic heterocycles. The smallest absolute Gasteiger partial charge is 0.293 e. The number of thiophene rings is 1. The number of carbonyl (C=O) groups excluding carboxylic acids is 1. The summed E-state index contributed by atoms with van der Waals surface area (Å²) in [4.78, 5) is 27.5. The van der Waals surface area contributed by atoms with Gasteiger partial charge in [-0.2, -0.15) is 0 Å². The van der Waals surface area contributed by atoms with E-state index in [0.717, 1.165) is 31.8 Å². The molecule has 1 unspecified atom stereocenters. The van der Waals surface area contributed by atoms with Crippen LogP contribution >= 0.6 is 11.3 Å². The lowest BCUT2D eigenvalue weighted by Crippen LogP contribution is -2.41. The fourth-order valence-electron chi connectivity index (χ4n) is 3.78. The second kappa shape index (κ2) is 11.2. The molecule has 1 fully saturated rings. The molecule has 9 heteroatoms. The third kappa shape index (κ3) is 6.25. The van der Waals surface area contributed by atoms with Crippen LogP contribution in [0.15, 0.2) is 35.7 Å². The van der Waals surface area contributed by atoms with E-state index in [1.165, 1.54) is 10.9 Å². The Labute approximate surface area is 186 Å². The van der Waals surface area contributed by atoms with Crippen molar-refractivity contribution in [2.45, 2.75) is 25.8 Å². The molecule has 0 radical (unpaired) electrons. The lowest BCUT2D eigenvalue weighted by Gasteiger charge is -2.36. The predicted molar refractivity (Wildman–Crippen MR) is 123 cm³/mol. The van der Waals surface area contributed by atoms with Crippen LogP contribution in [-0.2, 0) is 4.74 Å². The number of nitrogens with zero attached hydrogens (tertiary/aromatic N) is 2. The Hall–Kier alpha value is -2.49. The molecule has 0 saturated carbocycles. The van der Waals surface area contributed by atoms with Crippen LogP contribution < -0.4 is 10.6 Å². The molecule has 168 valence electrons. The van der Waals surface area contributed by atoms with Crippen molar-refractivity contribution in [3.63, 3.8) is 0 Å². The number of nitro groups is 1. The zero-order valence-electron chi connectivity index (χ0n) is 18.0. The summed E-state index contributed by atoms with van der Waals surface area (Å²) in [5, 5.41) is 19.5. The van der Waals surface area contributed by atoms with Crippen molar-refractivity contribution in [1.29, 1.82) is 0 Å². The Balaban J connectivity index is 1.69. The molecule has 31 heavy (non-hydrogen) atoms. The number of hydrogen-bond acceptors (Lipinski definition) is 7. The molecule has 8 nitrogen and oxygen atoms in total. The Morgan fingerprint density at radius 3 is 2.77 bits per heavy atom. The number of amides is 1. The molecule has 1 atom stereocenters. The van der Waals surface area contributed by atoms with E-state index in [1.54, 1.807) is 30.6 Å². The number of ether oxygens (including phenoxy) is 1. The quantitative estimate of drug-likeness (QED) is 0.326. The Morgan fingerprint density at radius 1 is 1.35 bits per heavy atom. The maximum Gasteiger partial charge on any atom is 0.293 e. The van der Waals surface area contributed by atoms with Crippen molar-refractivity contribution in [3.8, 4) is 0 Å². The van der Waals surface area contributed by atoms with Crippen molar-refractivity contribution in [1.82, 2.24) is 10.2 Å². The topological polar surface area (TPSA) is 96.7 Å². The molecule has 0 bridgehead atoms. The third-order valence-electron chi connectivity index (χ3n) is 5.66. The molecule has 1 aromatic carbocycles. The maximum absolute atomic E-state index is 12.8. The number of benzene rings is 1. The van der Waals surface area contributed by atoms with E-state index in [4.69, 9.17) is 4.74 Å². The number of rotatable bonds is 10. The molecule has 2 aromatic rings. The van der Waals surface area contributed by atoms with E-state index < -0.39 is 4.92 Å². The molecule has 1 aliphatic heterocycles.